The van der Waals surface area contributed by atoms with Gasteiger partial charge in [-0.2, -0.15) is 8.42 Å². The first kappa shape index (κ1) is 21.2. The molecule has 0 aliphatic rings. The first-order chi connectivity index (χ1) is 15.0. The predicted molar refractivity (Wildman–Crippen MR) is 129 cm³/mol. The summed E-state index contributed by atoms with van der Waals surface area (Å²) in [6.07, 6.45) is 0.765. The van der Waals surface area contributed by atoms with Gasteiger partial charge >= 0.3 is 0 Å². The Hall–Kier alpha value is -2.99. The average molecular weight is 445 g/mol. The molecular weight excluding hydrogens is 420 g/mol. The molecule has 0 atom stereocenters. The second-order valence-corrected chi connectivity index (χ2v) is 12.7. The van der Waals surface area contributed by atoms with Crippen LogP contribution in [-0.2, 0) is 16.5 Å². The molecule has 0 aliphatic carbocycles. The quantitative estimate of drug-likeness (QED) is 0.283. The third kappa shape index (κ3) is 3.88. The second kappa shape index (κ2) is 8.63. The summed E-state index contributed by atoms with van der Waals surface area (Å²) in [7, 11) is -7.47. The molecule has 0 aromatic heterocycles. The molecule has 31 heavy (non-hydrogen) atoms. The molecule has 0 bridgehead atoms. The van der Waals surface area contributed by atoms with Crippen molar-refractivity contribution in [3.05, 3.63) is 115 Å². The number of hydrogen-bond donors (Lipinski definition) is 1. The van der Waals surface area contributed by atoms with Gasteiger partial charge in [0.15, 0.2) is 8.07 Å². The molecule has 0 saturated heterocycles. The van der Waals surface area contributed by atoms with Gasteiger partial charge < -0.3 is 0 Å². The van der Waals surface area contributed by atoms with E-state index < -0.39 is 18.2 Å². The normalized spacial score (nSPS) is 11.9. The molecule has 4 rings (SSSR count). The van der Waals surface area contributed by atoms with Gasteiger partial charge in [0, 0.05) is 0 Å². The molecule has 0 fully saturated rings. The van der Waals surface area contributed by atoms with E-state index in [2.05, 4.69) is 36.4 Å². The van der Waals surface area contributed by atoms with Gasteiger partial charge in [0.25, 0.3) is 10.1 Å². The largest absolute Gasteiger partial charge is 0.294 e. The summed E-state index contributed by atoms with van der Waals surface area (Å²) in [5.74, 6) is 0. The molecule has 0 heterocycles. The monoisotopic (exact) mass is 444 g/mol. The van der Waals surface area contributed by atoms with E-state index in [1.165, 1.54) is 0 Å². The van der Waals surface area contributed by atoms with Crippen molar-refractivity contribution < 1.29 is 13.0 Å². The average Bonchev–Trinajstić information content (AvgIpc) is 2.81. The highest BCUT2D eigenvalue weighted by atomic mass is 32.2. The standard InChI is InChI=1S/C26H24O3SSi/c1-2-21-18-19-25(30(27,28)29)26(20-21)31(22-12-6-3-7-13-22,23-14-8-4-9-15-23)24-16-10-5-11-17-24/h3-20H,2H2,1H3,(H,27,28,29). The van der Waals surface area contributed by atoms with E-state index in [-0.39, 0.29) is 4.90 Å². The smallest absolute Gasteiger partial charge is 0.282 e. The van der Waals surface area contributed by atoms with Crippen molar-refractivity contribution in [3.63, 3.8) is 0 Å². The molecule has 3 nitrogen and oxygen atoms in total. The van der Waals surface area contributed by atoms with E-state index in [1.54, 1.807) is 12.1 Å². The fourth-order valence-corrected chi connectivity index (χ4v) is 10.6. The Labute approximate surface area is 184 Å². The van der Waals surface area contributed by atoms with Crippen LogP contribution in [-0.4, -0.2) is 21.0 Å². The number of benzene rings is 4. The Balaban J connectivity index is 2.25. The summed E-state index contributed by atoms with van der Waals surface area (Å²) in [6, 6.07) is 35.5. The molecule has 1 N–H and O–H groups in total. The summed E-state index contributed by atoms with van der Waals surface area (Å²) in [5, 5.41) is 3.86. The molecule has 0 amide bonds. The van der Waals surface area contributed by atoms with Gasteiger partial charge in [-0.25, -0.2) is 0 Å². The molecule has 0 spiro atoms. The van der Waals surface area contributed by atoms with Gasteiger partial charge in [0.1, 0.15) is 0 Å². The van der Waals surface area contributed by atoms with Gasteiger partial charge in [-0.15, -0.1) is 0 Å². The Morgan fingerprint density at radius 3 is 1.45 bits per heavy atom. The molecule has 4 aromatic rings. The van der Waals surface area contributed by atoms with Crippen molar-refractivity contribution in [2.45, 2.75) is 18.2 Å². The molecule has 4 aromatic carbocycles. The van der Waals surface area contributed by atoms with E-state index in [0.717, 1.165) is 27.5 Å². The van der Waals surface area contributed by atoms with Crippen molar-refractivity contribution in [1.82, 2.24) is 0 Å². The maximum Gasteiger partial charge on any atom is 0.294 e. The summed E-state index contributed by atoms with van der Waals surface area (Å²) < 4.78 is 35.4. The highest BCUT2D eigenvalue weighted by molar-refractivity contribution is 7.86. The van der Waals surface area contributed by atoms with E-state index >= 15 is 0 Å². The molecule has 0 saturated carbocycles. The zero-order valence-corrected chi connectivity index (χ0v) is 19.1. The summed E-state index contributed by atoms with van der Waals surface area (Å²) in [6.45, 7) is 2.04. The SMILES string of the molecule is CCc1ccc(S(=O)(=O)O)c([Si](c2ccccc2)(c2ccccc2)c2ccccc2)c1. The summed E-state index contributed by atoms with van der Waals surface area (Å²) in [4.78, 5) is -0.0204. The fraction of sp³-hybridized carbons (Fsp3) is 0.0769. The maximum absolute atomic E-state index is 12.6. The molecular formula is C26H24O3SSi. The lowest BCUT2D eigenvalue weighted by atomic mass is 10.2. The maximum atomic E-state index is 12.6. The topological polar surface area (TPSA) is 54.4 Å². The number of hydrogen-bond acceptors (Lipinski definition) is 2. The van der Waals surface area contributed by atoms with Gasteiger partial charge in [-0.1, -0.05) is 110 Å². The lowest BCUT2D eigenvalue weighted by Crippen LogP contribution is -2.75. The van der Waals surface area contributed by atoms with Crippen LogP contribution >= 0.6 is 0 Å². The Kier molecular flexibility index (Phi) is 5.91. The van der Waals surface area contributed by atoms with Crippen LogP contribution in [0.1, 0.15) is 12.5 Å². The van der Waals surface area contributed by atoms with Gasteiger partial charge in [-0.05, 0) is 38.8 Å². The van der Waals surface area contributed by atoms with Crippen molar-refractivity contribution in [2.75, 3.05) is 0 Å². The zero-order valence-electron chi connectivity index (χ0n) is 17.3. The first-order valence-electron chi connectivity index (χ1n) is 10.3. The van der Waals surface area contributed by atoms with Crippen molar-refractivity contribution >= 4 is 38.9 Å². The molecule has 156 valence electrons. The number of rotatable bonds is 6. The Bertz CT molecular complexity index is 1180. The highest BCUT2D eigenvalue weighted by Gasteiger charge is 2.44. The van der Waals surface area contributed by atoms with E-state index in [1.807, 2.05) is 67.6 Å². The van der Waals surface area contributed by atoms with Crippen LogP contribution in [0.25, 0.3) is 0 Å². The Morgan fingerprint density at radius 2 is 1.10 bits per heavy atom. The third-order valence-corrected chi connectivity index (χ3v) is 11.7. The van der Waals surface area contributed by atoms with E-state index in [9.17, 15) is 13.0 Å². The number of aryl methyl sites for hydroxylation is 1. The van der Waals surface area contributed by atoms with Gasteiger partial charge in [0.2, 0.25) is 0 Å². The minimum absolute atomic E-state index is 0.0204. The van der Waals surface area contributed by atoms with Crippen LogP contribution in [0, 0.1) is 0 Å². The van der Waals surface area contributed by atoms with Crippen molar-refractivity contribution in [1.29, 1.82) is 0 Å². The van der Waals surface area contributed by atoms with Crippen LogP contribution in [0.2, 0.25) is 0 Å². The van der Waals surface area contributed by atoms with Crippen LogP contribution in [0.15, 0.2) is 114 Å². The minimum atomic E-state index is -4.43. The third-order valence-electron chi connectivity index (χ3n) is 5.75. The second-order valence-electron chi connectivity index (χ2n) is 7.51. The molecule has 0 radical (unpaired) electrons. The minimum Gasteiger partial charge on any atom is -0.282 e. The van der Waals surface area contributed by atoms with E-state index in [4.69, 9.17) is 0 Å². The zero-order chi connectivity index (χ0) is 21.9. The molecule has 0 unspecified atom stereocenters. The van der Waals surface area contributed by atoms with Crippen molar-refractivity contribution in [3.8, 4) is 0 Å². The molecule has 0 aliphatic heterocycles. The fourth-order valence-electron chi connectivity index (χ4n) is 4.35. The summed E-state index contributed by atoms with van der Waals surface area (Å²) >= 11 is 0. The van der Waals surface area contributed by atoms with Crippen LogP contribution in [0.3, 0.4) is 0 Å². The predicted octanol–water partition coefficient (Wildman–Crippen LogP) is 2.87. The van der Waals surface area contributed by atoms with Crippen LogP contribution in [0.5, 0.6) is 0 Å². The summed E-state index contributed by atoms with van der Waals surface area (Å²) in [5.41, 5.74) is 1.03. The van der Waals surface area contributed by atoms with Crippen LogP contribution < -0.4 is 20.7 Å². The Morgan fingerprint density at radius 1 is 0.677 bits per heavy atom. The van der Waals surface area contributed by atoms with Crippen LogP contribution in [0.4, 0.5) is 0 Å². The van der Waals surface area contributed by atoms with E-state index in [0.29, 0.717) is 5.19 Å². The first-order valence-corrected chi connectivity index (χ1v) is 13.7. The lowest BCUT2D eigenvalue weighted by molar-refractivity contribution is 0.484. The molecule has 5 heteroatoms. The van der Waals surface area contributed by atoms with Gasteiger partial charge in [-0.3, -0.25) is 4.55 Å². The van der Waals surface area contributed by atoms with Gasteiger partial charge in [0.05, 0.1) is 4.90 Å². The van der Waals surface area contributed by atoms with Crippen molar-refractivity contribution in [2.24, 2.45) is 0 Å². The lowest BCUT2D eigenvalue weighted by Gasteiger charge is -2.35. The highest BCUT2D eigenvalue weighted by Crippen LogP contribution is 2.17.